The second kappa shape index (κ2) is 8.83. The molecule has 2 rings (SSSR count). The molecular weight excluding hydrogens is 310 g/mol. The van der Waals surface area contributed by atoms with Crippen LogP contribution in [0.5, 0.6) is 0 Å². The minimum atomic E-state index is -0.164. The Labute approximate surface area is 149 Å². The molecule has 0 spiro atoms. The highest BCUT2D eigenvalue weighted by molar-refractivity contribution is 5.91. The van der Waals surface area contributed by atoms with E-state index in [0.717, 1.165) is 23.6 Å². The van der Waals surface area contributed by atoms with Crippen molar-refractivity contribution >= 4 is 5.91 Å². The van der Waals surface area contributed by atoms with E-state index in [2.05, 4.69) is 41.8 Å². The first-order chi connectivity index (χ1) is 12.1. The molecule has 1 amide bonds. The van der Waals surface area contributed by atoms with Gasteiger partial charge in [-0.3, -0.25) is 4.79 Å². The monoisotopic (exact) mass is 335 g/mol. The number of benzene rings is 1. The van der Waals surface area contributed by atoms with Crippen LogP contribution in [0.25, 0.3) is 0 Å². The molecule has 130 valence electrons. The number of hydrogen-bond donors (Lipinski definition) is 1. The number of carbonyl (C=O) groups excluding carboxylic acids is 1. The second-order valence-corrected chi connectivity index (χ2v) is 5.94. The fourth-order valence-electron chi connectivity index (χ4n) is 2.67. The molecule has 0 radical (unpaired) electrons. The molecule has 0 fully saturated rings. The lowest BCUT2D eigenvalue weighted by molar-refractivity contribution is -0.117. The van der Waals surface area contributed by atoms with Crippen molar-refractivity contribution in [1.29, 1.82) is 0 Å². The maximum atomic E-state index is 11.8. The number of aromatic nitrogens is 2. The van der Waals surface area contributed by atoms with E-state index in [1.54, 1.807) is 6.92 Å². The molecule has 0 aliphatic rings. The van der Waals surface area contributed by atoms with E-state index in [1.165, 1.54) is 5.56 Å². The van der Waals surface area contributed by atoms with Gasteiger partial charge in [0.1, 0.15) is 5.82 Å². The maximum absolute atomic E-state index is 11.8. The van der Waals surface area contributed by atoms with Crippen LogP contribution in [0.2, 0.25) is 0 Å². The SMILES string of the molecule is C=CCc1nc(CNC(=O)C(=C)C)n(CC=C)c1Cc1ccccc1. The van der Waals surface area contributed by atoms with Gasteiger partial charge in [0.25, 0.3) is 0 Å². The summed E-state index contributed by atoms with van der Waals surface area (Å²) in [6.45, 7) is 14.0. The van der Waals surface area contributed by atoms with E-state index in [0.29, 0.717) is 25.1 Å². The topological polar surface area (TPSA) is 46.9 Å². The van der Waals surface area contributed by atoms with Crippen LogP contribution in [-0.2, 0) is 30.7 Å². The zero-order valence-electron chi connectivity index (χ0n) is 14.8. The van der Waals surface area contributed by atoms with E-state index in [9.17, 15) is 4.79 Å². The second-order valence-electron chi connectivity index (χ2n) is 5.94. The summed E-state index contributed by atoms with van der Waals surface area (Å²) in [5.41, 5.74) is 3.82. The number of carbonyl (C=O) groups is 1. The van der Waals surface area contributed by atoms with Gasteiger partial charge in [-0.05, 0) is 12.5 Å². The minimum absolute atomic E-state index is 0.164. The van der Waals surface area contributed by atoms with Gasteiger partial charge < -0.3 is 9.88 Å². The summed E-state index contributed by atoms with van der Waals surface area (Å²) in [4.78, 5) is 16.6. The third-order valence-electron chi connectivity index (χ3n) is 3.89. The van der Waals surface area contributed by atoms with E-state index in [-0.39, 0.29) is 5.91 Å². The predicted octanol–water partition coefficient (Wildman–Crippen LogP) is 3.58. The smallest absolute Gasteiger partial charge is 0.246 e. The maximum Gasteiger partial charge on any atom is 0.246 e. The average molecular weight is 335 g/mol. The minimum Gasteiger partial charge on any atom is -0.345 e. The summed E-state index contributed by atoms with van der Waals surface area (Å²) in [5, 5.41) is 2.86. The number of amides is 1. The van der Waals surface area contributed by atoms with Crippen LogP contribution in [-0.4, -0.2) is 15.5 Å². The van der Waals surface area contributed by atoms with Crippen molar-refractivity contribution in [3.63, 3.8) is 0 Å². The van der Waals surface area contributed by atoms with Crippen molar-refractivity contribution < 1.29 is 4.79 Å². The average Bonchev–Trinajstić information content (AvgIpc) is 2.91. The van der Waals surface area contributed by atoms with Crippen LogP contribution in [0.15, 0.2) is 67.8 Å². The summed E-state index contributed by atoms with van der Waals surface area (Å²) in [6, 6.07) is 10.3. The number of imidazole rings is 1. The molecule has 25 heavy (non-hydrogen) atoms. The van der Waals surface area contributed by atoms with Crippen molar-refractivity contribution in [3.05, 3.63) is 90.6 Å². The molecule has 0 saturated heterocycles. The Morgan fingerprint density at radius 2 is 1.96 bits per heavy atom. The summed E-state index contributed by atoms with van der Waals surface area (Å²) in [7, 11) is 0. The standard InChI is InChI=1S/C21H25N3O/c1-5-10-18-19(14-17-11-8-7-9-12-17)24(13-6-2)20(23-18)15-22-21(25)16(3)4/h5-9,11-12H,1-3,10,13-15H2,4H3,(H,22,25). The summed E-state index contributed by atoms with van der Waals surface area (Å²) >= 11 is 0. The van der Waals surface area contributed by atoms with Crippen LogP contribution in [0, 0.1) is 0 Å². The Kier molecular flexibility index (Phi) is 6.52. The number of allylic oxidation sites excluding steroid dienone is 2. The van der Waals surface area contributed by atoms with Crippen molar-refractivity contribution in [2.45, 2.75) is 32.9 Å². The molecule has 0 saturated carbocycles. The van der Waals surface area contributed by atoms with E-state index in [4.69, 9.17) is 4.98 Å². The fraction of sp³-hybridized carbons (Fsp3) is 0.238. The van der Waals surface area contributed by atoms with Crippen LogP contribution in [0.1, 0.15) is 29.7 Å². The molecule has 4 nitrogen and oxygen atoms in total. The zero-order valence-corrected chi connectivity index (χ0v) is 14.8. The Morgan fingerprint density at radius 3 is 2.56 bits per heavy atom. The summed E-state index contributed by atoms with van der Waals surface area (Å²) < 4.78 is 2.12. The van der Waals surface area contributed by atoms with Gasteiger partial charge in [0, 0.05) is 30.7 Å². The van der Waals surface area contributed by atoms with Crippen molar-refractivity contribution in [2.24, 2.45) is 0 Å². The molecule has 1 heterocycles. The molecule has 0 aliphatic heterocycles. The lowest BCUT2D eigenvalue weighted by Gasteiger charge is -2.11. The highest BCUT2D eigenvalue weighted by atomic mass is 16.1. The third kappa shape index (κ3) is 4.80. The van der Waals surface area contributed by atoms with Crippen LogP contribution in [0.4, 0.5) is 0 Å². The van der Waals surface area contributed by atoms with Gasteiger partial charge in [-0.2, -0.15) is 0 Å². The third-order valence-corrected chi connectivity index (χ3v) is 3.89. The first-order valence-corrected chi connectivity index (χ1v) is 8.33. The van der Waals surface area contributed by atoms with Crippen LogP contribution < -0.4 is 5.32 Å². The van der Waals surface area contributed by atoms with Gasteiger partial charge in [0.05, 0.1) is 12.2 Å². The lowest BCUT2D eigenvalue weighted by atomic mass is 10.1. The highest BCUT2D eigenvalue weighted by Gasteiger charge is 2.16. The van der Waals surface area contributed by atoms with E-state index >= 15 is 0 Å². The van der Waals surface area contributed by atoms with Gasteiger partial charge in [0.15, 0.2) is 0 Å². The summed E-state index contributed by atoms with van der Waals surface area (Å²) in [6.07, 6.45) is 5.16. The van der Waals surface area contributed by atoms with Crippen molar-refractivity contribution in [2.75, 3.05) is 0 Å². The Bertz CT molecular complexity index is 772. The van der Waals surface area contributed by atoms with Crippen LogP contribution >= 0.6 is 0 Å². The molecule has 2 aromatic rings. The molecule has 4 heteroatoms. The van der Waals surface area contributed by atoms with Gasteiger partial charge in [-0.1, -0.05) is 49.1 Å². The normalized spacial score (nSPS) is 10.3. The number of nitrogens with zero attached hydrogens (tertiary/aromatic N) is 2. The molecule has 1 aromatic carbocycles. The molecule has 0 bridgehead atoms. The Morgan fingerprint density at radius 1 is 1.24 bits per heavy atom. The van der Waals surface area contributed by atoms with E-state index < -0.39 is 0 Å². The molecule has 0 aliphatic carbocycles. The molecule has 0 unspecified atom stereocenters. The van der Waals surface area contributed by atoms with Crippen LogP contribution in [0.3, 0.4) is 0 Å². The van der Waals surface area contributed by atoms with Gasteiger partial charge in [-0.15, -0.1) is 13.2 Å². The number of hydrogen-bond acceptors (Lipinski definition) is 2. The summed E-state index contributed by atoms with van der Waals surface area (Å²) in [5.74, 6) is 0.653. The number of nitrogens with one attached hydrogen (secondary N) is 1. The Balaban J connectivity index is 2.36. The predicted molar refractivity (Wildman–Crippen MR) is 102 cm³/mol. The first-order valence-electron chi connectivity index (χ1n) is 8.33. The van der Waals surface area contributed by atoms with Gasteiger partial charge in [0.2, 0.25) is 5.91 Å². The quantitative estimate of drug-likeness (QED) is 0.562. The zero-order chi connectivity index (χ0) is 18.2. The number of rotatable bonds is 9. The van der Waals surface area contributed by atoms with Crippen molar-refractivity contribution in [3.8, 4) is 0 Å². The van der Waals surface area contributed by atoms with Gasteiger partial charge >= 0.3 is 0 Å². The van der Waals surface area contributed by atoms with Gasteiger partial charge in [-0.25, -0.2) is 4.98 Å². The first kappa shape index (κ1) is 18.5. The molecular formula is C21H25N3O. The lowest BCUT2D eigenvalue weighted by Crippen LogP contribution is -2.25. The Hall–Kier alpha value is -2.88. The van der Waals surface area contributed by atoms with E-state index in [1.807, 2.05) is 30.4 Å². The largest absolute Gasteiger partial charge is 0.345 e. The highest BCUT2D eigenvalue weighted by Crippen LogP contribution is 2.18. The van der Waals surface area contributed by atoms with Crippen molar-refractivity contribution in [1.82, 2.24) is 14.9 Å². The molecule has 0 atom stereocenters. The fourth-order valence-corrected chi connectivity index (χ4v) is 2.67. The molecule has 1 N–H and O–H groups in total. The molecule has 1 aromatic heterocycles.